The topological polar surface area (TPSA) is 23.9 Å². The van der Waals surface area contributed by atoms with Crippen LogP contribution in [-0.4, -0.2) is 6.21 Å². The molecule has 0 saturated carbocycles. The highest BCUT2D eigenvalue weighted by Crippen LogP contribution is 2.24. The van der Waals surface area contributed by atoms with Crippen LogP contribution in [0.5, 0.6) is 0 Å². The zero-order chi connectivity index (χ0) is 16.5. The molecule has 0 bridgehead atoms. The zero-order valence-electron chi connectivity index (χ0n) is 14.2. The fourth-order valence-corrected chi connectivity index (χ4v) is 1.83. The summed E-state index contributed by atoms with van der Waals surface area (Å²) in [4.78, 5) is 0. The summed E-state index contributed by atoms with van der Waals surface area (Å²) >= 11 is 0. The van der Waals surface area contributed by atoms with Gasteiger partial charge in [0.15, 0.2) is 0 Å². The number of benzene rings is 1. The van der Waals surface area contributed by atoms with Crippen molar-refractivity contribution < 1.29 is 0 Å². The van der Waals surface area contributed by atoms with Gasteiger partial charge in [0.2, 0.25) is 0 Å². The Morgan fingerprint density at radius 2 is 1.86 bits per heavy atom. The molecule has 114 valence electrons. The van der Waals surface area contributed by atoms with Crippen LogP contribution in [0.4, 0.5) is 0 Å². The summed E-state index contributed by atoms with van der Waals surface area (Å²) in [7, 11) is 0. The van der Waals surface area contributed by atoms with Gasteiger partial charge in [-0.25, -0.2) is 0 Å². The van der Waals surface area contributed by atoms with Gasteiger partial charge in [0.25, 0.3) is 0 Å². The number of nitrogens with one attached hydrogen (secondary N) is 1. The Morgan fingerprint density at radius 1 is 1.24 bits per heavy atom. The molecule has 1 aromatic rings. The van der Waals surface area contributed by atoms with E-state index in [1.165, 1.54) is 11.8 Å². The van der Waals surface area contributed by atoms with Gasteiger partial charge in [0.05, 0.1) is 0 Å². The van der Waals surface area contributed by atoms with Crippen molar-refractivity contribution in [1.29, 1.82) is 5.41 Å². The Hall–Kier alpha value is -1.89. The molecule has 0 saturated heterocycles. The standard InChI is InChI=1S/C18H23N.C2H6/c1-6-14(2)16-9-7-8-15(12-16)10-11-17(13-19)18(3,4)5;1-2/h6-9,11-13,19H,1-2,10H2,3-5H3;1-2H3/b17-11+,19-13?;. The monoisotopic (exact) mass is 283 g/mol. The quantitative estimate of drug-likeness (QED) is 0.500. The van der Waals surface area contributed by atoms with Gasteiger partial charge in [0.1, 0.15) is 0 Å². The molecule has 1 heteroatoms. The van der Waals surface area contributed by atoms with Crippen LogP contribution in [-0.2, 0) is 6.42 Å². The van der Waals surface area contributed by atoms with Crippen molar-refractivity contribution in [1.82, 2.24) is 0 Å². The highest BCUT2D eigenvalue weighted by Gasteiger charge is 2.14. The molecule has 0 spiro atoms. The normalized spacial score (nSPS) is 11.2. The van der Waals surface area contributed by atoms with Crippen LogP contribution >= 0.6 is 0 Å². The third-order valence-electron chi connectivity index (χ3n) is 3.12. The Kier molecular flexibility index (Phi) is 8.30. The van der Waals surface area contributed by atoms with Crippen molar-refractivity contribution in [3.63, 3.8) is 0 Å². The van der Waals surface area contributed by atoms with E-state index >= 15 is 0 Å². The summed E-state index contributed by atoms with van der Waals surface area (Å²) in [5.74, 6) is 0. The van der Waals surface area contributed by atoms with Crippen LogP contribution in [0.1, 0.15) is 45.7 Å². The summed E-state index contributed by atoms with van der Waals surface area (Å²) in [5.41, 5.74) is 4.34. The molecule has 0 aliphatic rings. The Labute approximate surface area is 130 Å². The van der Waals surface area contributed by atoms with Crippen molar-refractivity contribution in [2.45, 2.75) is 41.0 Å². The minimum absolute atomic E-state index is 0.0179. The molecule has 21 heavy (non-hydrogen) atoms. The molecular weight excluding hydrogens is 254 g/mol. The van der Waals surface area contributed by atoms with Crippen molar-refractivity contribution in [2.75, 3.05) is 0 Å². The van der Waals surface area contributed by atoms with E-state index in [4.69, 9.17) is 5.41 Å². The van der Waals surface area contributed by atoms with Crippen LogP contribution in [0.25, 0.3) is 5.57 Å². The molecule has 0 atom stereocenters. The smallest absolute Gasteiger partial charge is 0.0212 e. The molecule has 0 amide bonds. The fourth-order valence-electron chi connectivity index (χ4n) is 1.83. The maximum atomic E-state index is 7.50. The van der Waals surface area contributed by atoms with Crippen LogP contribution in [0.3, 0.4) is 0 Å². The molecule has 1 aromatic carbocycles. The Morgan fingerprint density at radius 3 is 2.33 bits per heavy atom. The van der Waals surface area contributed by atoms with E-state index < -0.39 is 0 Å². The van der Waals surface area contributed by atoms with E-state index in [2.05, 4.69) is 52.1 Å². The first-order valence-electron chi connectivity index (χ1n) is 7.50. The maximum absolute atomic E-state index is 7.50. The predicted molar refractivity (Wildman–Crippen MR) is 97.0 cm³/mol. The third kappa shape index (κ3) is 6.40. The summed E-state index contributed by atoms with van der Waals surface area (Å²) in [6, 6.07) is 8.30. The lowest BCUT2D eigenvalue weighted by atomic mass is 9.86. The zero-order valence-corrected chi connectivity index (χ0v) is 14.2. The molecule has 0 aliphatic carbocycles. The predicted octanol–water partition coefficient (Wildman–Crippen LogP) is 6.08. The SMILES string of the molecule is C=CC(=C)c1cccc(C/C=C(\C=N)C(C)(C)C)c1.CC. The molecule has 0 radical (unpaired) electrons. The molecule has 0 unspecified atom stereocenters. The van der Waals surface area contributed by atoms with Gasteiger partial charge in [-0.15, -0.1) is 0 Å². The Balaban J connectivity index is 0.00000191. The number of allylic oxidation sites excluding steroid dienone is 4. The lowest BCUT2D eigenvalue weighted by Crippen LogP contribution is -2.10. The average Bonchev–Trinajstić information content (AvgIpc) is 2.48. The van der Waals surface area contributed by atoms with Gasteiger partial charge in [-0.05, 0) is 34.1 Å². The van der Waals surface area contributed by atoms with E-state index in [1.807, 2.05) is 26.0 Å². The van der Waals surface area contributed by atoms with Gasteiger partial charge in [-0.2, -0.15) is 0 Å². The van der Waals surface area contributed by atoms with Crippen LogP contribution in [0.2, 0.25) is 0 Å². The minimum atomic E-state index is 0.0179. The van der Waals surface area contributed by atoms with E-state index in [9.17, 15) is 0 Å². The third-order valence-corrected chi connectivity index (χ3v) is 3.12. The molecule has 0 aromatic heterocycles. The summed E-state index contributed by atoms with van der Waals surface area (Å²) in [6.07, 6.45) is 6.18. The van der Waals surface area contributed by atoms with Gasteiger partial charge in [-0.3, -0.25) is 0 Å². The first-order valence-corrected chi connectivity index (χ1v) is 7.50. The highest BCUT2D eigenvalue weighted by atomic mass is 14.4. The van der Waals surface area contributed by atoms with Crippen molar-refractivity contribution in [3.8, 4) is 0 Å². The van der Waals surface area contributed by atoms with E-state index in [-0.39, 0.29) is 5.41 Å². The largest absolute Gasteiger partial charge is 0.308 e. The average molecular weight is 283 g/mol. The second-order valence-corrected chi connectivity index (χ2v) is 5.69. The lowest BCUT2D eigenvalue weighted by Gasteiger charge is -2.19. The van der Waals surface area contributed by atoms with Crippen LogP contribution in [0, 0.1) is 10.8 Å². The molecule has 1 rings (SSSR count). The molecule has 1 N–H and O–H groups in total. The maximum Gasteiger partial charge on any atom is 0.0212 e. The fraction of sp³-hybridized carbons (Fsp3) is 0.350. The van der Waals surface area contributed by atoms with Gasteiger partial charge in [-0.1, -0.05) is 84.2 Å². The van der Waals surface area contributed by atoms with Gasteiger partial charge < -0.3 is 5.41 Å². The molecule has 1 nitrogen and oxygen atoms in total. The lowest BCUT2D eigenvalue weighted by molar-refractivity contribution is 0.524. The Bertz CT molecular complexity index is 513. The van der Waals surface area contributed by atoms with Crippen LogP contribution in [0.15, 0.2) is 55.1 Å². The van der Waals surface area contributed by atoms with E-state index in [1.54, 1.807) is 6.08 Å². The first kappa shape index (κ1) is 19.1. The summed E-state index contributed by atoms with van der Waals surface area (Å²) in [5, 5.41) is 7.50. The van der Waals surface area contributed by atoms with Crippen molar-refractivity contribution in [2.24, 2.45) is 5.41 Å². The molecular formula is C20H29N. The van der Waals surface area contributed by atoms with E-state index in [0.29, 0.717) is 0 Å². The number of rotatable bonds is 5. The minimum Gasteiger partial charge on any atom is -0.308 e. The van der Waals surface area contributed by atoms with Crippen LogP contribution < -0.4 is 0 Å². The highest BCUT2D eigenvalue weighted by molar-refractivity contribution is 5.77. The summed E-state index contributed by atoms with van der Waals surface area (Å²) in [6.45, 7) is 18.1. The van der Waals surface area contributed by atoms with Gasteiger partial charge >= 0.3 is 0 Å². The van der Waals surface area contributed by atoms with Gasteiger partial charge in [0, 0.05) is 6.21 Å². The molecule has 0 heterocycles. The number of hydrogen-bond acceptors (Lipinski definition) is 1. The second-order valence-electron chi connectivity index (χ2n) is 5.69. The molecule has 0 aliphatic heterocycles. The second kappa shape index (κ2) is 9.12. The molecule has 0 fully saturated rings. The number of hydrogen-bond donors (Lipinski definition) is 1. The first-order chi connectivity index (χ1) is 9.88. The van der Waals surface area contributed by atoms with E-state index in [0.717, 1.165) is 23.1 Å². The van der Waals surface area contributed by atoms with Crippen molar-refractivity contribution in [3.05, 3.63) is 66.3 Å². The summed E-state index contributed by atoms with van der Waals surface area (Å²) < 4.78 is 0. The van der Waals surface area contributed by atoms with Crippen molar-refractivity contribution >= 4 is 11.8 Å².